The van der Waals surface area contributed by atoms with E-state index in [9.17, 15) is 0 Å². The van der Waals surface area contributed by atoms with Crippen molar-refractivity contribution in [3.05, 3.63) is 170 Å². The molecule has 5 nitrogen and oxygen atoms in total. The van der Waals surface area contributed by atoms with Gasteiger partial charge in [0.2, 0.25) is 0 Å². The van der Waals surface area contributed by atoms with Crippen molar-refractivity contribution in [1.82, 2.24) is 19.5 Å². The van der Waals surface area contributed by atoms with Crippen LogP contribution in [0.1, 0.15) is 0 Å². The normalized spacial score (nSPS) is 11.6. The summed E-state index contributed by atoms with van der Waals surface area (Å²) in [5.74, 6) is 0.695. The van der Waals surface area contributed by atoms with Crippen molar-refractivity contribution in [2.75, 3.05) is 0 Å². The van der Waals surface area contributed by atoms with Gasteiger partial charge in [0.05, 0.1) is 22.6 Å². The zero-order valence-electron chi connectivity index (χ0n) is 26.9. The van der Waals surface area contributed by atoms with Crippen molar-refractivity contribution in [2.24, 2.45) is 0 Å². The fraction of sp³-hybridized carbons (Fsp3) is 0. The lowest BCUT2D eigenvalue weighted by Gasteiger charge is -2.11. The predicted octanol–water partition coefficient (Wildman–Crippen LogP) is 11.5. The molecule has 234 valence electrons. The molecule has 0 aliphatic rings. The number of benzene rings is 6. The molecule has 0 aliphatic heterocycles. The number of aromatic nitrogens is 4. The molecular weight excluding hydrogens is 613 g/mol. The largest absolute Gasteiger partial charge is 0.452 e. The van der Waals surface area contributed by atoms with Crippen molar-refractivity contribution in [2.45, 2.75) is 0 Å². The Hall–Kier alpha value is -6.85. The monoisotopic (exact) mass is 640 g/mol. The highest BCUT2D eigenvalue weighted by molar-refractivity contribution is 6.24. The Balaban J connectivity index is 1.21. The molecule has 0 atom stereocenters. The highest BCUT2D eigenvalue weighted by Gasteiger charge is 2.24. The number of para-hydroxylation sites is 3. The van der Waals surface area contributed by atoms with E-state index in [4.69, 9.17) is 19.4 Å². The van der Waals surface area contributed by atoms with Crippen LogP contribution in [0.25, 0.3) is 94.7 Å². The molecule has 0 saturated carbocycles. The maximum Gasteiger partial charge on any atom is 0.178 e. The number of furan rings is 1. The summed E-state index contributed by atoms with van der Waals surface area (Å²) in [5, 5.41) is 3.18. The highest BCUT2D eigenvalue weighted by Crippen LogP contribution is 2.43. The molecule has 0 amide bonds. The molecule has 0 radical (unpaired) electrons. The molecular formula is C45H28N4O. The van der Waals surface area contributed by atoms with E-state index in [0.717, 1.165) is 88.9 Å². The Bertz CT molecular complexity index is 2780. The lowest BCUT2D eigenvalue weighted by molar-refractivity contribution is 0.670. The summed E-state index contributed by atoms with van der Waals surface area (Å²) in [5.41, 5.74) is 12.3. The minimum absolute atomic E-state index is 0.695. The van der Waals surface area contributed by atoms with Gasteiger partial charge in [-0.1, -0.05) is 133 Å². The summed E-state index contributed by atoms with van der Waals surface area (Å²) >= 11 is 0. The van der Waals surface area contributed by atoms with Crippen LogP contribution in [0, 0.1) is 0 Å². The Labute approximate surface area is 287 Å². The zero-order chi connectivity index (χ0) is 33.0. The first kappa shape index (κ1) is 28.2. The molecule has 0 N–H and O–H groups in total. The maximum absolute atomic E-state index is 6.62. The summed E-state index contributed by atoms with van der Waals surface area (Å²) < 4.78 is 8.93. The van der Waals surface area contributed by atoms with Crippen molar-refractivity contribution in [3.8, 4) is 50.8 Å². The molecule has 4 heterocycles. The average Bonchev–Trinajstić information content (AvgIpc) is 3.75. The molecule has 50 heavy (non-hydrogen) atoms. The minimum atomic E-state index is 0.695. The fourth-order valence-electron chi connectivity index (χ4n) is 7.09. The molecule has 5 heteroatoms. The molecule has 10 aromatic rings. The highest BCUT2D eigenvalue weighted by atomic mass is 16.3. The number of pyridine rings is 1. The Morgan fingerprint density at radius 2 is 1.02 bits per heavy atom. The smallest absolute Gasteiger partial charge is 0.178 e. The van der Waals surface area contributed by atoms with Gasteiger partial charge < -0.3 is 8.98 Å². The first-order valence-electron chi connectivity index (χ1n) is 16.7. The second kappa shape index (κ2) is 11.4. The van der Waals surface area contributed by atoms with Crippen LogP contribution < -0.4 is 0 Å². The van der Waals surface area contributed by atoms with Crippen molar-refractivity contribution in [3.63, 3.8) is 0 Å². The van der Waals surface area contributed by atoms with E-state index < -0.39 is 0 Å². The van der Waals surface area contributed by atoms with Gasteiger partial charge in [0.1, 0.15) is 16.6 Å². The Morgan fingerprint density at radius 1 is 0.460 bits per heavy atom. The van der Waals surface area contributed by atoms with Crippen LogP contribution in [0.4, 0.5) is 0 Å². The number of rotatable bonds is 5. The van der Waals surface area contributed by atoms with E-state index in [2.05, 4.69) is 114 Å². The fourth-order valence-corrected chi connectivity index (χ4v) is 7.09. The summed E-state index contributed by atoms with van der Waals surface area (Å²) in [7, 11) is 0. The van der Waals surface area contributed by atoms with Gasteiger partial charge >= 0.3 is 0 Å². The molecule has 0 bridgehead atoms. The quantitative estimate of drug-likeness (QED) is 0.188. The zero-order valence-corrected chi connectivity index (χ0v) is 26.9. The number of nitrogens with zero attached hydrogens (tertiary/aromatic N) is 4. The number of fused-ring (bicyclic) bond motifs is 7. The van der Waals surface area contributed by atoms with Gasteiger partial charge in [0.25, 0.3) is 0 Å². The molecule has 0 spiro atoms. The molecule has 0 saturated heterocycles. The molecule has 0 unspecified atom stereocenters. The van der Waals surface area contributed by atoms with E-state index >= 15 is 0 Å². The average molecular weight is 641 g/mol. The summed E-state index contributed by atoms with van der Waals surface area (Å²) in [6.45, 7) is 0. The lowest BCUT2D eigenvalue weighted by Crippen LogP contribution is -1.96. The molecule has 0 fully saturated rings. The summed E-state index contributed by atoms with van der Waals surface area (Å²) in [6, 6.07) is 58.3. The molecule has 10 rings (SSSR count). The van der Waals surface area contributed by atoms with Gasteiger partial charge in [0, 0.05) is 44.1 Å². The van der Waals surface area contributed by atoms with Gasteiger partial charge in [-0.05, 0) is 36.4 Å². The second-order valence-corrected chi connectivity index (χ2v) is 12.4. The lowest BCUT2D eigenvalue weighted by atomic mass is 10.0. The minimum Gasteiger partial charge on any atom is -0.452 e. The van der Waals surface area contributed by atoms with Crippen LogP contribution in [-0.2, 0) is 0 Å². The van der Waals surface area contributed by atoms with Crippen LogP contribution in [-0.4, -0.2) is 19.5 Å². The molecule has 0 aliphatic carbocycles. The van der Waals surface area contributed by atoms with E-state index in [1.807, 2.05) is 60.7 Å². The number of hydrogen-bond acceptors (Lipinski definition) is 4. The van der Waals surface area contributed by atoms with E-state index in [1.165, 1.54) is 0 Å². The number of hydrogen-bond donors (Lipinski definition) is 0. The van der Waals surface area contributed by atoms with Crippen LogP contribution >= 0.6 is 0 Å². The van der Waals surface area contributed by atoms with Crippen LogP contribution in [0.5, 0.6) is 0 Å². The van der Waals surface area contributed by atoms with E-state index in [0.29, 0.717) is 5.82 Å². The molecule has 4 aromatic heterocycles. The van der Waals surface area contributed by atoms with Crippen LogP contribution in [0.2, 0.25) is 0 Å². The van der Waals surface area contributed by atoms with E-state index in [-0.39, 0.29) is 0 Å². The Morgan fingerprint density at radius 3 is 1.74 bits per heavy atom. The third-order valence-corrected chi connectivity index (χ3v) is 9.42. The third-order valence-electron chi connectivity index (χ3n) is 9.42. The standard InChI is InChI=1S/C45H28N4O/c1-4-14-29(15-5-1)36-28-37(47-45(46-36)32-16-6-2-7-17-32)30-24-26-31(27-25-30)41-40-34-20-10-12-22-38(34)49(33-18-8-3-9-19-33)43(40)44-42(48-41)35-21-11-13-23-39(35)50-44/h1-28H. The summed E-state index contributed by atoms with van der Waals surface area (Å²) in [4.78, 5) is 15.4. The van der Waals surface area contributed by atoms with Crippen LogP contribution in [0.15, 0.2) is 174 Å². The van der Waals surface area contributed by atoms with Crippen molar-refractivity contribution < 1.29 is 4.42 Å². The van der Waals surface area contributed by atoms with Crippen molar-refractivity contribution >= 4 is 43.9 Å². The van der Waals surface area contributed by atoms with Gasteiger partial charge in [-0.15, -0.1) is 0 Å². The topological polar surface area (TPSA) is 56.7 Å². The Kier molecular flexibility index (Phi) is 6.42. The van der Waals surface area contributed by atoms with Gasteiger partial charge in [0.15, 0.2) is 11.4 Å². The SMILES string of the molecule is c1ccc(-c2cc(-c3ccc(-c4nc5c6ccccc6oc5c5c4c4ccccc4n5-c4ccccc4)cc3)nc(-c3ccccc3)n2)cc1. The first-order chi connectivity index (χ1) is 24.8. The summed E-state index contributed by atoms with van der Waals surface area (Å²) in [6.07, 6.45) is 0. The van der Waals surface area contributed by atoms with E-state index in [1.54, 1.807) is 0 Å². The predicted molar refractivity (Wildman–Crippen MR) is 203 cm³/mol. The molecule has 6 aromatic carbocycles. The van der Waals surface area contributed by atoms with Gasteiger partial charge in [-0.25, -0.2) is 15.0 Å². The second-order valence-electron chi connectivity index (χ2n) is 12.4. The van der Waals surface area contributed by atoms with Crippen LogP contribution in [0.3, 0.4) is 0 Å². The van der Waals surface area contributed by atoms with Gasteiger partial charge in [-0.2, -0.15) is 0 Å². The first-order valence-corrected chi connectivity index (χ1v) is 16.7. The maximum atomic E-state index is 6.62. The van der Waals surface area contributed by atoms with Gasteiger partial charge in [-0.3, -0.25) is 0 Å². The third kappa shape index (κ3) is 4.52. The van der Waals surface area contributed by atoms with Crippen molar-refractivity contribution in [1.29, 1.82) is 0 Å².